The third kappa shape index (κ3) is 3.65. The van der Waals surface area contributed by atoms with E-state index in [4.69, 9.17) is 0 Å². The molecule has 0 atom stereocenters. The van der Waals surface area contributed by atoms with Gasteiger partial charge in [0.1, 0.15) is 18.0 Å². The molecule has 1 saturated carbocycles. The van der Waals surface area contributed by atoms with Crippen molar-refractivity contribution in [2.45, 2.75) is 31.7 Å². The molecule has 0 spiro atoms. The van der Waals surface area contributed by atoms with Gasteiger partial charge in [0, 0.05) is 17.7 Å². The van der Waals surface area contributed by atoms with E-state index >= 15 is 0 Å². The number of aromatic hydroxyl groups is 2. The summed E-state index contributed by atoms with van der Waals surface area (Å²) in [5, 5.41) is 19.0. The van der Waals surface area contributed by atoms with Crippen molar-refractivity contribution in [1.82, 2.24) is 4.90 Å². The number of hydrogen-bond donors (Lipinski definition) is 2. The Hall–Kier alpha value is -2.24. The first-order chi connectivity index (χ1) is 10.0. The molecule has 0 bridgehead atoms. The van der Waals surface area contributed by atoms with E-state index in [-0.39, 0.29) is 29.6 Å². The summed E-state index contributed by atoms with van der Waals surface area (Å²) in [6.45, 7) is -0.129. The zero-order chi connectivity index (χ0) is 15.4. The Morgan fingerprint density at radius 2 is 1.76 bits per heavy atom. The highest BCUT2D eigenvalue weighted by molar-refractivity contribution is 5.97. The zero-order valence-corrected chi connectivity index (χ0v) is 11.9. The molecule has 1 aromatic carbocycles. The van der Waals surface area contributed by atoms with Crippen molar-refractivity contribution >= 4 is 11.9 Å². The molecule has 2 rings (SSSR count). The quantitative estimate of drug-likeness (QED) is 0.824. The average molecular weight is 293 g/mol. The van der Waals surface area contributed by atoms with Crippen molar-refractivity contribution in [3.63, 3.8) is 0 Å². The number of amides is 1. The van der Waals surface area contributed by atoms with Crippen LogP contribution in [0.25, 0.3) is 0 Å². The summed E-state index contributed by atoms with van der Waals surface area (Å²) in [7, 11) is 1.28. The van der Waals surface area contributed by atoms with Crippen LogP contribution in [0.4, 0.5) is 0 Å². The van der Waals surface area contributed by atoms with E-state index in [9.17, 15) is 19.8 Å². The van der Waals surface area contributed by atoms with Gasteiger partial charge in [-0.15, -0.1) is 0 Å². The topological polar surface area (TPSA) is 87.1 Å². The number of methoxy groups -OCH3 is 1. The van der Waals surface area contributed by atoms with E-state index in [0.29, 0.717) is 0 Å². The monoisotopic (exact) mass is 293 g/mol. The second-order valence-electron chi connectivity index (χ2n) is 5.19. The van der Waals surface area contributed by atoms with E-state index < -0.39 is 11.9 Å². The molecule has 0 aromatic heterocycles. The molecule has 1 amide bonds. The molecule has 21 heavy (non-hydrogen) atoms. The first kappa shape index (κ1) is 15.2. The van der Waals surface area contributed by atoms with Crippen molar-refractivity contribution in [2.75, 3.05) is 13.7 Å². The van der Waals surface area contributed by atoms with Crippen molar-refractivity contribution < 1.29 is 24.5 Å². The fraction of sp³-hybridized carbons (Fsp3) is 0.467. The number of ether oxygens (including phenoxy) is 1. The summed E-state index contributed by atoms with van der Waals surface area (Å²) < 4.78 is 4.64. The lowest BCUT2D eigenvalue weighted by molar-refractivity contribution is -0.141. The predicted octanol–water partition coefficient (Wildman–Crippen LogP) is 1.66. The van der Waals surface area contributed by atoms with Crippen LogP contribution in [0, 0.1) is 0 Å². The molecule has 0 saturated heterocycles. The minimum Gasteiger partial charge on any atom is -0.508 e. The van der Waals surface area contributed by atoms with E-state index in [0.717, 1.165) is 31.7 Å². The van der Waals surface area contributed by atoms with Gasteiger partial charge < -0.3 is 19.8 Å². The van der Waals surface area contributed by atoms with Gasteiger partial charge in [0.05, 0.1) is 7.11 Å². The Balaban J connectivity index is 2.25. The van der Waals surface area contributed by atoms with Crippen molar-refractivity contribution in [1.29, 1.82) is 0 Å². The third-order valence-electron chi connectivity index (χ3n) is 3.70. The van der Waals surface area contributed by atoms with Crippen LogP contribution in [0.15, 0.2) is 18.2 Å². The van der Waals surface area contributed by atoms with Gasteiger partial charge in [-0.2, -0.15) is 0 Å². The van der Waals surface area contributed by atoms with Gasteiger partial charge in [-0.3, -0.25) is 9.59 Å². The summed E-state index contributed by atoms with van der Waals surface area (Å²) >= 11 is 0. The second kappa shape index (κ2) is 6.47. The number of esters is 1. The standard InChI is InChI=1S/C15H19NO5/c1-21-14(19)9-16(11-4-2-3-5-11)15(20)10-6-12(17)8-13(18)7-10/h6-8,11,17-18H,2-5,9H2,1H3. The highest BCUT2D eigenvalue weighted by Gasteiger charge is 2.29. The van der Waals surface area contributed by atoms with Gasteiger partial charge in [0.15, 0.2) is 0 Å². The normalized spacial score (nSPS) is 14.9. The number of rotatable bonds is 4. The molecule has 1 fully saturated rings. The Kier molecular flexibility index (Phi) is 4.67. The van der Waals surface area contributed by atoms with Crippen LogP contribution in [0.3, 0.4) is 0 Å². The Bertz CT molecular complexity index is 517. The fourth-order valence-corrected chi connectivity index (χ4v) is 2.67. The number of nitrogens with zero attached hydrogens (tertiary/aromatic N) is 1. The number of phenols is 2. The number of carbonyl (C=O) groups is 2. The first-order valence-electron chi connectivity index (χ1n) is 6.92. The van der Waals surface area contributed by atoms with Crippen LogP contribution in [0.5, 0.6) is 11.5 Å². The number of benzene rings is 1. The van der Waals surface area contributed by atoms with Crippen LogP contribution >= 0.6 is 0 Å². The molecule has 0 radical (unpaired) electrons. The molecular weight excluding hydrogens is 274 g/mol. The lowest BCUT2D eigenvalue weighted by Gasteiger charge is -2.28. The molecule has 6 nitrogen and oxygen atoms in total. The molecule has 2 N–H and O–H groups in total. The molecule has 1 aromatic rings. The van der Waals surface area contributed by atoms with Crippen LogP contribution in [-0.4, -0.2) is 46.7 Å². The fourth-order valence-electron chi connectivity index (χ4n) is 2.67. The predicted molar refractivity (Wildman–Crippen MR) is 75.1 cm³/mol. The molecular formula is C15H19NO5. The summed E-state index contributed by atoms with van der Waals surface area (Å²) in [6, 6.07) is 3.70. The minimum atomic E-state index is -0.486. The highest BCUT2D eigenvalue weighted by Crippen LogP contribution is 2.27. The smallest absolute Gasteiger partial charge is 0.325 e. The average Bonchev–Trinajstić information content (AvgIpc) is 2.96. The van der Waals surface area contributed by atoms with Gasteiger partial charge in [-0.1, -0.05) is 12.8 Å². The second-order valence-corrected chi connectivity index (χ2v) is 5.19. The van der Waals surface area contributed by atoms with E-state index in [2.05, 4.69) is 4.74 Å². The van der Waals surface area contributed by atoms with Crippen LogP contribution in [0.1, 0.15) is 36.0 Å². The zero-order valence-electron chi connectivity index (χ0n) is 11.9. The first-order valence-corrected chi connectivity index (χ1v) is 6.92. The Labute approximate surface area is 122 Å². The number of phenolic OH excluding ortho intramolecular Hbond substituents is 2. The van der Waals surface area contributed by atoms with E-state index in [1.54, 1.807) is 0 Å². The van der Waals surface area contributed by atoms with Gasteiger partial charge in [0.25, 0.3) is 5.91 Å². The maximum absolute atomic E-state index is 12.6. The van der Waals surface area contributed by atoms with Crippen LogP contribution in [0.2, 0.25) is 0 Å². The van der Waals surface area contributed by atoms with Crippen LogP contribution in [-0.2, 0) is 9.53 Å². The summed E-state index contributed by atoms with van der Waals surface area (Å²) in [4.78, 5) is 25.6. The summed E-state index contributed by atoms with van der Waals surface area (Å²) in [5.74, 6) is -1.26. The van der Waals surface area contributed by atoms with Gasteiger partial charge >= 0.3 is 5.97 Å². The van der Waals surface area contributed by atoms with E-state index in [1.807, 2.05) is 0 Å². The molecule has 114 valence electrons. The molecule has 0 aliphatic heterocycles. The van der Waals surface area contributed by atoms with E-state index in [1.165, 1.54) is 24.1 Å². The lowest BCUT2D eigenvalue weighted by atomic mass is 10.1. The van der Waals surface area contributed by atoms with Gasteiger partial charge in [-0.05, 0) is 25.0 Å². The number of carbonyl (C=O) groups excluding carboxylic acids is 2. The largest absolute Gasteiger partial charge is 0.508 e. The number of hydrogen-bond acceptors (Lipinski definition) is 5. The maximum atomic E-state index is 12.6. The molecule has 0 heterocycles. The molecule has 1 aliphatic carbocycles. The molecule has 1 aliphatic rings. The van der Waals surface area contributed by atoms with Gasteiger partial charge in [-0.25, -0.2) is 0 Å². The van der Waals surface area contributed by atoms with Crippen molar-refractivity contribution in [2.24, 2.45) is 0 Å². The van der Waals surface area contributed by atoms with Crippen molar-refractivity contribution in [3.05, 3.63) is 23.8 Å². The Morgan fingerprint density at radius 3 is 2.29 bits per heavy atom. The Morgan fingerprint density at radius 1 is 1.19 bits per heavy atom. The SMILES string of the molecule is COC(=O)CN(C(=O)c1cc(O)cc(O)c1)C1CCCC1. The van der Waals surface area contributed by atoms with Crippen LogP contribution < -0.4 is 0 Å². The minimum absolute atomic E-state index is 0.0129. The lowest BCUT2D eigenvalue weighted by Crippen LogP contribution is -2.42. The highest BCUT2D eigenvalue weighted by atomic mass is 16.5. The van der Waals surface area contributed by atoms with Crippen molar-refractivity contribution in [3.8, 4) is 11.5 Å². The molecule has 0 unspecified atom stereocenters. The molecule has 6 heteroatoms. The maximum Gasteiger partial charge on any atom is 0.325 e. The summed E-state index contributed by atoms with van der Waals surface area (Å²) in [6.07, 6.45) is 3.71. The van der Waals surface area contributed by atoms with Gasteiger partial charge in [0.2, 0.25) is 0 Å². The summed E-state index contributed by atoms with van der Waals surface area (Å²) in [5.41, 5.74) is 0.156. The third-order valence-corrected chi connectivity index (χ3v) is 3.70.